The number of aromatic nitrogens is 2. The molecule has 110 valence electrons. The highest BCUT2D eigenvalue weighted by Gasteiger charge is 2.16. The van der Waals surface area contributed by atoms with Crippen molar-refractivity contribution in [3.63, 3.8) is 0 Å². The normalized spacial score (nSPS) is 10.4. The van der Waals surface area contributed by atoms with E-state index in [1.165, 1.54) is 16.8 Å². The van der Waals surface area contributed by atoms with Gasteiger partial charge in [-0.3, -0.25) is 0 Å². The van der Waals surface area contributed by atoms with Crippen LogP contribution in [0, 0.1) is 13.8 Å². The van der Waals surface area contributed by atoms with Gasteiger partial charge in [-0.05, 0) is 38.5 Å². The van der Waals surface area contributed by atoms with Gasteiger partial charge in [-0.2, -0.15) is 5.10 Å². The molecule has 1 aromatic heterocycles. The average Bonchev–Trinajstić information content (AvgIpc) is 2.81. The number of esters is 1. The predicted molar refractivity (Wildman–Crippen MR) is 76.0 cm³/mol. The minimum Gasteiger partial charge on any atom is -0.478 e. The number of hydrogen-bond donors (Lipinski definition) is 1. The lowest BCUT2D eigenvalue weighted by molar-refractivity contribution is 0.0525. The third-order valence-electron chi connectivity index (χ3n) is 3.10. The number of aromatic carboxylic acids is 1. The van der Waals surface area contributed by atoms with Crippen molar-refractivity contribution < 1.29 is 19.4 Å². The van der Waals surface area contributed by atoms with Crippen molar-refractivity contribution in [2.45, 2.75) is 20.8 Å². The SMILES string of the molecule is CCOC(=O)c1cn(-c2cc(C(=O)O)ccc2C)nc1C. The van der Waals surface area contributed by atoms with Gasteiger partial charge < -0.3 is 9.84 Å². The number of benzene rings is 1. The monoisotopic (exact) mass is 288 g/mol. The number of carbonyl (C=O) groups is 2. The maximum absolute atomic E-state index is 11.8. The molecular weight excluding hydrogens is 272 g/mol. The molecule has 6 heteroatoms. The third kappa shape index (κ3) is 2.94. The van der Waals surface area contributed by atoms with Crippen molar-refractivity contribution in [2.75, 3.05) is 6.61 Å². The summed E-state index contributed by atoms with van der Waals surface area (Å²) in [5.74, 6) is -1.45. The Bertz CT molecular complexity index is 704. The second-order valence-electron chi connectivity index (χ2n) is 4.60. The fraction of sp³-hybridized carbons (Fsp3) is 0.267. The van der Waals surface area contributed by atoms with Gasteiger partial charge in [-0.25, -0.2) is 14.3 Å². The molecule has 0 fully saturated rings. The summed E-state index contributed by atoms with van der Waals surface area (Å²) < 4.78 is 6.47. The lowest BCUT2D eigenvalue weighted by Gasteiger charge is -2.06. The largest absolute Gasteiger partial charge is 0.478 e. The molecule has 1 N–H and O–H groups in total. The van der Waals surface area contributed by atoms with E-state index in [-0.39, 0.29) is 12.2 Å². The van der Waals surface area contributed by atoms with E-state index in [4.69, 9.17) is 9.84 Å². The van der Waals surface area contributed by atoms with Crippen LogP contribution in [0.15, 0.2) is 24.4 Å². The number of carboxylic acid groups (broad SMARTS) is 1. The molecule has 0 bridgehead atoms. The van der Waals surface area contributed by atoms with Crippen LogP contribution in [0.4, 0.5) is 0 Å². The molecule has 0 atom stereocenters. The first-order valence-corrected chi connectivity index (χ1v) is 6.51. The number of carbonyl (C=O) groups excluding carboxylic acids is 1. The lowest BCUT2D eigenvalue weighted by Crippen LogP contribution is -2.05. The van der Waals surface area contributed by atoms with Crippen molar-refractivity contribution >= 4 is 11.9 Å². The smallest absolute Gasteiger partial charge is 0.341 e. The number of rotatable bonds is 4. The number of hydrogen-bond acceptors (Lipinski definition) is 4. The van der Waals surface area contributed by atoms with E-state index in [9.17, 15) is 9.59 Å². The van der Waals surface area contributed by atoms with Gasteiger partial charge in [0.1, 0.15) is 5.56 Å². The van der Waals surface area contributed by atoms with Gasteiger partial charge in [-0.15, -0.1) is 0 Å². The van der Waals surface area contributed by atoms with Crippen molar-refractivity contribution in [1.29, 1.82) is 0 Å². The molecule has 0 unspecified atom stereocenters. The van der Waals surface area contributed by atoms with Crippen LogP contribution < -0.4 is 0 Å². The minimum absolute atomic E-state index is 0.168. The topological polar surface area (TPSA) is 81.4 Å². The van der Waals surface area contributed by atoms with Gasteiger partial charge in [-0.1, -0.05) is 6.07 Å². The molecule has 1 heterocycles. The van der Waals surface area contributed by atoms with E-state index >= 15 is 0 Å². The molecule has 21 heavy (non-hydrogen) atoms. The van der Waals surface area contributed by atoms with E-state index in [2.05, 4.69) is 5.10 Å². The summed E-state index contributed by atoms with van der Waals surface area (Å²) in [6.07, 6.45) is 1.56. The van der Waals surface area contributed by atoms with Gasteiger partial charge >= 0.3 is 11.9 Å². The van der Waals surface area contributed by atoms with Gasteiger partial charge in [0, 0.05) is 6.20 Å². The van der Waals surface area contributed by atoms with Gasteiger partial charge in [0.2, 0.25) is 0 Å². The Hall–Kier alpha value is -2.63. The number of ether oxygens (including phenoxy) is 1. The van der Waals surface area contributed by atoms with Crippen LogP contribution >= 0.6 is 0 Å². The van der Waals surface area contributed by atoms with Crippen molar-refractivity contribution in [2.24, 2.45) is 0 Å². The van der Waals surface area contributed by atoms with Crippen LogP contribution in [-0.2, 0) is 4.74 Å². The number of aryl methyl sites for hydroxylation is 2. The molecule has 0 aliphatic heterocycles. The Morgan fingerprint density at radius 2 is 2.05 bits per heavy atom. The molecule has 2 rings (SSSR count). The van der Waals surface area contributed by atoms with Crippen LogP contribution in [0.5, 0.6) is 0 Å². The fourth-order valence-corrected chi connectivity index (χ4v) is 1.98. The van der Waals surface area contributed by atoms with Crippen molar-refractivity contribution in [1.82, 2.24) is 9.78 Å². The Morgan fingerprint density at radius 1 is 1.33 bits per heavy atom. The molecule has 0 radical (unpaired) electrons. The van der Waals surface area contributed by atoms with Crippen LogP contribution in [0.25, 0.3) is 5.69 Å². The number of nitrogens with zero attached hydrogens (tertiary/aromatic N) is 2. The summed E-state index contributed by atoms with van der Waals surface area (Å²) in [6, 6.07) is 4.77. The molecule has 0 saturated carbocycles. The summed E-state index contributed by atoms with van der Waals surface area (Å²) in [5, 5.41) is 13.3. The maximum Gasteiger partial charge on any atom is 0.341 e. The van der Waals surface area contributed by atoms with Crippen LogP contribution in [0.1, 0.15) is 38.9 Å². The summed E-state index contributed by atoms with van der Waals surface area (Å²) in [6.45, 7) is 5.58. The highest BCUT2D eigenvalue weighted by Crippen LogP contribution is 2.18. The van der Waals surface area contributed by atoms with Crippen LogP contribution in [0.2, 0.25) is 0 Å². The predicted octanol–water partition coefficient (Wildman–Crippen LogP) is 2.36. The van der Waals surface area contributed by atoms with Crippen molar-refractivity contribution in [3.8, 4) is 5.69 Å². The van der Waals surface area contributed by atoms with Gasteiger partial charge in [0.15, 0.2) is 0 Å². The summed E-state index contributed by atoms with van der Waals surface area (Å²) >= 11 is 0. The second kappa shape index (κ2) is 5.78. The molecule has 0 aliphatic rings. The highest BCUT2D eigenvalue weighted by atomic mass is 16.5. The summed E-state index contributed by atoms with van der Waals surface area (Å²) in [5.41, 5.74) is 2.55. The zero-order chi connectivity index (χ0) is 15.6. The van der Waals surface area contributed by atoms with Crippen molar-refractivity contribution in [3.05, 3.63) is 46.8 Å². The van der Waals surface area contributed by atoms with Gasteiger partial charge in [0.25, 0.3) is 0 Å². The zero-order valence-corrected chi connectivity index (χ0v) is 12.1. The lowest BCUT2D eigenvalue weighted by atomic mass is 10.1. The number of carboxylic acids is 1. The summed E-state index contributed by atoms with van der Waals surface area (Å²) in [4.78, 5) is 22.9. The zero-order valence-electron chi connectivity index (χ0n) is 12.1. The van der Waals surface area contributed by atoms with E-state index in [1.54, 1.807) is 26.1 Å². The van der Waals surface area contributed by atoms with E-state index in [0.29, 0.717) is 16.9 Å². The fourth-order valence-electron chi connectivity index (χ4n) is 1.98. The van der Waals surface area contributed by atoms with E-state index in [0.717, 1.165) is 5.56 Å². The molecule has 0 spiro atoms. The molecule has 2 aromatic rings. The standard InChI is InChI=1S/C15H16N2O4/c1-4-21-15(20)12-8-17(16-10(12)3)13-7-11(14(18)19)6-5-9(13)2/h5-8H,4H2,1-3H3,(H,18,19). The molecule has 0 aliphatic carbocycles. The Morgan fingerprint density at radius 3 is 2.67 bits per heavy atom. The maximum atomic E-state index is 11.8. The molecule has 1 aromatic carbocycles. The summed E-state index contributed by atoms with van der Waals surface area (Å²) in [7, 11) is 0. The van der Waals surface area contributed by atoms with Crippen LogP contribution in [0.3, 0.4) is 0 Å². The molecule has 0 saturated heterocycles. The van der Waals surface area contributed by atoms with E-state index in [1.807, 2.05) is 6.92 Å². The first-order valence-electron chi connectivity index (χ1n) is 6.51. The highest BCUT2D eigenvalue weighted by molar-refractivity contribution is 5.90. The molecular formula is C15H16N2O4. The van der Waals surface area contributed by atoms with Gasteiger partial charge in [0.05, 0.1) is 23.6 Å². The van der Waals surface area contributed by atoms with Crippen LogP contribution in [-0.4, -0.2) is 33.4 Å². The minimum atomic E-state index is -1.01. The Labute approximate surface area is 122 Å². The quantitative estimate of drug-likeness (QED) is 0.873. The third-order valence-corrected chi connectivity index (χ3v) is 3.10. The Kier molecular flexibility index (Phi) is 4.07. The first-order chi connectivity index (χ1) is 9.93. The average molecular weight is 288 g/mol. The first kappa shape index (κ1) is 14.8. The Balaban J connectivity index is 2.48. The molecule has 0 amide bonds. The molecule has 6 nitrogen and oxygen atoms in total. The van der Waals surface area contributed by atoms with E-state index < -0.39 is 11.9 Å². The second-order valence-corrected chi connectivity index (χ2v) is 4.60.